The number of hydrogen-bond acceptors (Lipinski definition) is 1. The van der Waals surface area contributed by atoms with Crippen molar-refractivity contribution in [2.75, 3.05) is 6.54 Å². The zero-order chi connectivity index (χ0) is 13.8. The molecule has 0 saturated carbocycles. The standard InChI is InChI=1S/C17H31N/c1-5-15(3)9-7-11-17(6-2)12-8-10-16(4)13-14-18/h9,12-13H,5-8,10-11,14,18H2,1-4H3. The maximum Gasteiger partial charge on any atom is 0.0109 e. The van der Waals surface area contributed by atoms with Gasteiger partial charge in [-0.3, -0.25) is 0 Å². The Morgan fingerprint density at radius 3 is 2.06 bits per heavy atom. The van der Waals surface area contributed by atoms with Gasteiger partial charge >= 0.3 is 0 Å². The molecule has 0 aliphatic rings. The minimum Gasteiger partial charge on any atom is -0.327 e. The molecular weight excluding hydrogens is 218 g/mol. The molecule has 1 nitrogen and oxygen atoms in total. The van der Waals surface area contributed by atoms with Crippen molar-refractivity contribution < 1.29 is 0 Å². The van der Waals surface area contributed by atoms with Gasteiger partial charge in [0.1, 0.15) is 0 Å². The molecule has 0 aromatic carbocycles. The van der Waals surface area contributed by atoms with Crippen molar-refractivity contribution in [3.8, 4) is 0 Å². The molecule has 0 spiro atoms. The third-order valence-corrected chi connectivity index (χ3v) is 3.41. The van der Waals surface area contributed by atoms with Crippen LogP contribution in [-0.2, 0) is 0 Å². The van der Waals surface area contributed by atoms with E-state index in [0.29, 0.717) is 6.54 Å². The molecule has 0 rings (SSSR count). The van der Waals surface area contributed by atoms with E-state index in [1.165, 1.54) is 36.8 Å². The normalized spacial score (nSPS) is 14.2. The molecular formula is C17H31N. The third kappa shape index (κ3) is 9.23. The molecule has 0 fully saturated rings. The predicted octanol–water partition coefficient (Wildman–Crippen LogP) is 5.14. The SMILES string of the molecule is CCC(C)=CCCC(=CCCC(C)=CCN)CC. The second-order valence-electron chi connectivity index (χ2n) is 4.98. The van der Waals surface area contributed by atoms with Crippen LogP contribution < -0.4 is 5.73 Å². The Bertz CT molecular complexity index is 295. The second kappa shape index (κ2) is 11.3. The summed E-state index contributed by atoms with van der Waals surface area (Å²) in [6.45, 7) is 9.52. The van der Waals surface area contributed by atoms with Crippen LogP contribution in [0.5, 0.6) is 0 Å². The van der Waals surface area contributed by atoms with Crippen LogP contribution in [0.2, 0.25) is 0 Å². The molecule has 2 N–H and O–H groups in total. The van der Waals surface area contributed by atoms with Crippen LogP contribution in [0.1, 0.15) is 66.2 Å². The van der Waals surface area contributed by atoms with Gasteiger partial charge in [0.15, 0.2) is 0 Å². The van der Waals surface area contributed by atoms with E-state index >= 15 is 0 Å². The Labute approximate surface area is 114 Å². The minimum atomic E-state index is 0.664. The smallest absolute Gasteiger partial charge is 0.0109 e. The summed E-state index contributed by atoms with van der Waals surface area (Å²) in [6, 6.07) is 0. The summed E-state index contributed by atoms with van der Waals surface area (Å²) in [7, 11) is 0. The van der Waals surface area contributed by atoms with Crippen molar-refractivity contribution in [2.45, 2.75) is 66.2 Å². The second-order valence-corrected chi connectivity index (χ2v) is 4.98. The van der Waals surface area contributed by atoms with Crippen LogP contribution in [0.15, 0.2) is 34.9 Å². The van der Waals surface area contributed by atoms with E-state index < -0.39 is 0 Å². The first-order valence-corrected chi connectivity index (χ1v) is 7.33. The topological polar surface area (TPSA) is 26.0 Å². The maximum atomic E-state index is 5.50. The predicted molar refractivity (Wildman–Crippen MR) is 83.7 cm³/mol. The Hall–Kier alpha value is -0.820. The van der Waals surface area contributed by atoms with Gasteiger partial charge < -0.3 is 5.73 Å². The highest BCUT2D eigenvalue weighted by molar-refractivity contribution is 5.07. The zero-order valence-electron chi connectivity index (χ0n) is 12.8. The summed E-state index contributed by atoms with van der Waals surface area (Å²) in [5.41, 5.74) is 10.0. The van der Waals surface area contributed by atoms with Crippen molar-refractivity contribution in [1.29, 1.82) is 0 Å². The first-order valence-electron chi connectivity index (χ1n) is 7.33. The fraction of sp³-hybridized carbons (Fsp3) is 0.647. The molecule has 0 radical (unpaired) electrons. The van der Waals surface area contributed by atoms with Gasteiger partial charge in [0, 0.05) is 6.54 Å². The summed E-state index contributed by atoms with van der Waals surface area (Å²) in [6.07, 6.45) is 14.0. The molecule has 0 aromatic rings. The monoisotopic (exact) mass is 249 g/mol. The summed E-state index contributed by atoms with van der Waals surface area (Å²) >= 11 is 0. The summed E-state index contributed by atoms with van der Waals surface area (Å²) in [5, 5.41) is 0. The fourth-order valence-corrected chi connectivity index (χ4v) is 1.88. The summed E-state index contributed by atoms with van der Waals surface area (Å²) in [4.78, 5) is 0. The highest BCUT2D eigenvalue weighted by atomic mass is 14.5. The van der Waals surface area contributed by atoms with Crippen molar-refractivity contribution in [2.24, 2.45) is 5.73 Å². The number of allylic oxidation sites excluding steroid dienone is 5. The van der Waals surface area contributed by atoms with Crippen LogP contribution in [0.25, 0.3) is 0 Å². The zero-order valence-corrected chi connectivity index (χ0v) is 12.8. The van der Waals surface area contributed by atoms with E-state index in [-0.39, 0.29) is 0 Å². The molecule has 0 saturated heterocycles. The van der Waals surface area contributed by atoms with E-state index in [0.717, 1.165) is 12.8 Å². The number of rotatable bonds is 9. The lowest BCUT2D eigenvalue weighted by Gasteiger charge is -2.04. The molecule has 18 heavy (non-hydrogen) atoms. The highest BCUT2D eigenvalue weighted by Crippen LogP contribution is 2.15. The lowest BCUT2D eigenvalue weighted by molar-refractivity contribution is 0.866. The van der Waals surface area contributed by atoms with E-state index in [2.05, 4.69) is 45.9 Å². The number of hydrogen-bond donors (Lipinski definition) is 1. The van der Waals surface area contributed by atoms with Crippen LogP contribution in [0.3, 0.4) is 0 Å². The van der Waals surface area contributed by atoms with Gasteiger partial charge in [-0.25, -0.2) is 0 Å². The molecule has 0 amide bonds. The van der Waals surface area contributed by atoms with E-state index in [9.17, 15) is 0 Å². The Morgan fingerprint density at radius 2 is 1.50 bits per heavy atom. The third-order valence-electron chi connectivity index (χ3n) is 3.41. The Morgan fingerprint density at radius 1 is 0.833 bits per heavy atom. The van der Waals surface area contributed by atoms with Gasteiger partial charge in [0.2, 0.25) is 0 Å². The maximum absolute atomic E-state index is 5.50. The first kappa shape index (κ1) is 17.2. The average Bonchev–Trinajstić information content (AvgIpc) is 2.36. The van der Waals surface area contributed by atoms with Gasteiger partial charge in [-0.05, 0) is 52.4 Å². The number of nitrogens with two attached hydrogens (primary N) is 1. The van der Waals surface area contributed by atoms with Gasteiger partial charge in [-0.15, -0.1) is 0 Å². The van der Waals surface area contributed by atoms with Gasteiger partial charge in [-0.2, -0.15) is 0 Å². The van der Waals surface area contributed by atoms with Crippen molar-refractivity contribution in [3.05, 3.63) is 34.9 Å². The van der Waals surface area contributed by atoms with Gasteiger partial charge in [-0.1, -0.05) is 48.8 Å². The fourth-order valence-electron chi connectivity index (χ4n) is 1.88. The molecule has 1 heteroatoms. The average molecular weight is 249 g/mol. The van der Waals surface area contributed by atoms with Crippen LogP contribution in [0.4, 0.5) is 0 Å². The molecule has 0 heterocycles. The summed E-state index contributed by atoms with van der Waals surface area (Å²) < 4.78 is 0. The Balaban J connectivity index is 4.05. The Kier molecular flexibility index (Phi) is 10.8. The molecule has 0 unspecified atom stereocenters. The summed E-state index contributed by atoms with van der Waals surface area (Å²) in [5.74, 6) is 0. The lowest BCUT2D eigenvalue weighted by Crippen LogP contribution is -1.94. The molecule has 0 bridgehead atoms. The van der Waals surface area contributed by atoms with Crippen LogP contribution >= 0.6 is 0 Å². The lowest BCUT2D eigenvalue weighted by atomic mass is 10.0. The minimum absolute atomic E-state index is 0.664. The van der Waals surface area contributed by atoms with E-state index in [4.69, 9.17) is 5.73 Å². The molecule has 0 aliphatic carbocycles. The molecule has 0 atom stereocenters. The molecule has 104 valence electrons. The quantitative estimate of drug-likeness (QED) is 0.562. The first-order chi connectivity index (χ1) is 8.63. The van der Waals surface area contributed by atoms with E-state index in [1.54, 1.807) is 5.57 Å². The van der Waals surface area contributed by atoms with Crippen molar-refractivity contribution in [1.82, 2.24) is 0 Å². The molecule has 0 aromatic heterocycles. The van der Waals surface area contributed by atoms with Gasteiger partial charge in [0.25, 0.3) is 0 Å². The van der Waals surface area contributed by atoms with Crippen LogP contribution in [0, 0.1) is 0 Å². The largest absolute Gasteiger partial charge is 0.327 e. The molecule has 0 aliphatic heterocycles. The highest BCUT2D eigenvalue weighted by Gasteiger charge is 1.95. The van der Waals surface area contributed by atoms with E-state index in [1.807, 2.05) is 0 Å². The van der Waals surface area contributed by atoms with Crippen LogP contribution in [-0.4, -0.2) is 6.54 Å². The van der Waals surface area contributed by atoms with Crippen molar-refractivity contribution in [3.63, 3.8) is 0 Å². The van der Waals surface area contributed by atoms with Gasteiger partial charge in [0.05, 0.1) is 0 Å². The van der Waals surface area contributed by atoms with Crippen molar-refractivity contribution >= 4 is 0 Å².